The van der Waals surface area contributed by atoms with Crippen molar-refractivity contribution < 1.29 is 23.9 Å². The highest BCUT2D eigenvalue weighted by Gasteiger charge is 2.17. The van der Waals surface area contributed by atoms with E-state index >= 15 is 0 Å². The van der Waals surface area contributed by atoms with Gasteiger partial charge in [0, 0.05) is 16.1 Å². The van der Waals surface area contributed by atoms with Gasteiger partial charge in [-0.05, 0) is 60.2 Å². The predicted molar refractivity (Wildman–Crippen MR) is 171 cm³/mol. The van der Waals surface area contributed by atoms with Gasteiger partial charge in [-0.2, -0.15) is 0 Å². The topological polar surface area (TPSA) is 114 Å². The molecule has 11 heteroatoms. The third kappa shape index (κ3) is 8.71. The van der Waals surface area contributed by atoms with E-state index in [1.165, 1.54) is 24.9 Å². The van der Waals surface area contributed by atoms with Crippen LogP contribution in [0.25, 0.3) is 6.08 Å². The van der Waals surface area contributed by atoms with Gasteiger partial charge in [-0.25, -0.2) is 4.79 Å². The van der Waals surface area contributed by atoms with Crippen LogP contribution in [-0.2, 0) is 14.3 Å². The summed E-state index contributed by atoms with van der Waals surface area (Å²) in [6.45, 7) is 0. The molecule has 3 amide bonds. The molecule has 0 saturated heterocycles. The van der Waals surface area contributed by atoms with Crippen molar-refractivity contribution in [2.45, 2.75) is 4.90 Å². The van der Waals surface area contributed by atoms with Crippen molar-refractivity contribution in [3.8, 4) is 0 Å². The summed E-state index contributed by atoms with van der Waals surface area (Å²) in [6, 6.07) is 26.9. The normalized spacial score (nSPS) is 10.9. The molecular formula is C32H25Cl2N3O5S. The van der Waals surface area contributed by atoms with Gasteiger partial charge in [0.15, 0.2) is 0 Å². The first-order valence-corrected chi connectivity index (χ1v) is 14.5. The van der Waals surface area contributed by atoms with Crippen molar-refractivity contribution in [3.63, 3.8) is 0 Å². The lowest BCUT2D eigenvalue weighted by molar-refractivity contribution is -0.114. The number of halogens is 2. The standard InChI is InChI=1S/C32H25Cl2N3O5S/c1-42-32(41)24-14-5-6-16-26(24)36-28(38)19-43-23-13-8-12-22(18-23)35-31(40)27(17-21-11-7-15-25(33)29(21)34)37-30(39)20-9-3-2-4-10-20/h2-18H,19H2,1H3,(H,35,40)(H,36,38)(H,37,39)/b27-17+. The zero-order valence-corrected chi connectivity index (χ0v) is 25.1. The Hall–Kier alpha value is -4.57. The minimum absolute atomic E-state index is 0.0401. The molecule has 0 aliphatic heterocycles. The van der Waals surface area contributed by atoms with Gasteiger partial charge in [0.25, 0.3) is 11.8 Å². The number of ether oxygens (including phenoxy) is 1. The largest absolute Gasteiger partial charge is 0.465 e. The van der Waals surface area contributed by atoms with Crippen LogP contribution in [0.15, 0.2) is 108 Å². The molecule has 4 rings (SSSR count). The van der Waals surface area contributed by atoms with E-state index in [-0.39, 0.29) is 27.9 Å². The van der Waals surface area contributed by atoms with Gasteiger partial charge in [-0.1, -0.05) is 71.7 Å². The molecule has 0 aromatic heterocycles. The number of carbonyl (C=O) groups excluding carboxylic acids is 4. The van der Waals surface area contributed by atoms with E-state index in [0.717, 1.165) is 0 Å². The van der Waals surface area contributed by atoms with Crippen LogP contribution in [0.2, 0.25) is 10.0 Å². The molecule has 0 heterocycles. The number of benzene rings is 4. The van der Waals surface area contributed by atoms with E-state index in [0.29, 0.717) is 32.4 Å². The summed E-state index contributed by atoms with van der Waals surface area (Å²) < 4.78 is 4.77. The molecule has 0 saturated carbocycles. The van der Waals surface area contributed by atoms with E-state index in [1.54, 1.807) is 97.1 Å². The SMILES string of the molecule is COC(=O)c1ccccc1NC(=O)CSc1cccc(NC(=O)/C(=C\c2cccc(Cl)c2Cl)NC(=O)c2ccccc2)c1. The predicted octanol–water partition coefficient (Wildman–Crippen LogP) is 6.92. The smallest absolute Gasteiger partial charge is 0.339 e. The van der Waals surface area contributed by atoms with Gasteiger partial charge in [-0.15, -0.1) is 11.8 Å². The summed E-state index contributed by atoms with van der Waals surface area (Å²) in [5.74, 6) is -1.93. The van der Waals surface area contributed by atoms with E-state index in [9.17, 15) is 19.2 Å². The number of anilines is 2. The lowest BCUT2D eigenvalue weighted by Gasteiger charge is -2.13. The van der Waals surface area contributed by atoms with E-state index in [4.69, 9.17) is 27.9 Å². The highest BCUT2D eigenvalue weighted by molar-refractivity contribution is 8.00. The summed E-state index contributed by atoms with van der Waals surface area (Å²) >= 11 is 13.7. The number of hydrogen-bond donors (Lipinski definition) is 3. The molecule has 0 fully saturated rings. The second kappa shape index (κ2) is 15.1. The van der Waals surface area contributed by atoms with Crippen LogP contribution >= 0.6 is 35.0 Å². The zero-order chi connectivity index (χ0) is 30.8. The first-order chi connectivity index (χ1) is 20.7. The summed E-state index contributed by atoms with van der Waals surface area (Å²) in [7, 11) is 1.27. The van der Waals surface area contributed by atoms with Crippen LogP contribution in [0.5, 0.6) is 0 Å². The average Bonchev–Trinajstić information content (AvgIpc) is 3.02. The van der Waals surface area contributed by atoms with Crippen LogP contribution in [0.4, 0.5) is 11.4 Å². The van der Waals surface area contributed by atoms with E-state index in [1.807, 2.05) is 0 Å². The molecule has 43 heavy (non-hydrogen) atoms. The van der Waals surface area contributed by atoms with Crippen molar-refractivity contribution in [3.05, 3.63) is 129 Å². The monoisotopic (exact) mass is 633 g/mol. The highest BCUT2D eigenvalue weighted by Crippen LogP contribution is 2.28. The number of carbonyl (C=O) groups is 4. The first-order valence-electron chi connectivity index (χ1n) is 12.8. The molecule has 0 aliphatic rings. The maximum atomic E-state index is 13.4. The molecule has 4 aromatic carbocycles. The number of amides is 3. The maximum absolute atomic E-state index is 13.4. The number of para-hydroxylation sites is 1. The summed E-state index contributed by atoms with van der Waals surface area (Å²) in [5.41, 5.74) is 1.78. The number of methoxy groups -OCH3 is 1. The lowest BCUT2D eigenvalue weighted by Crippen LogP contribution is -2.30. The Morgan fingerprint density at radius 3 is 2.33 bits per heavy atom. The second-order valence-corrected chi connectivity index (χ2v) is 10.7. The van der Waals surface area contributed by atoms with Crippen molar-refractivity contribution >= 4 is 76.1 Å². The van der Waals surface area contributed by atoms with Crippen molar-refractivity contribution in [1.82, 2.24) is 5.32 Å². The van der Waals surface area contributed by atoms with Crippen LogP contribution < -0.4 is 16.0 Å². The van der Waals surface area contributed by atoms with Gasteiger partial charge >= 0.3 is 5.97 Å². The van der Waals surface area contributed by atoms with Crippen molar-refractivity contribution in [2.75, 3.05) is 23.5 Å². The zero-order valence-electron chi connectivity index (χ0n) is 22.7. The molecule has 3 N–H and O–H groups in total. The van der Waals surface area contributed by atoms with Gasteiger partial charge < -0.3 is 20.7 Å². The number of rotatable bonds is 10. The van der Waals surface area contributed by atoms with Crippen LogP contribution in [0.1, 0.15) is 26.3 Å². The fourth-order valence-corrected chi connectivity index (χ4v) is 4.92. The quantitative estimate of drug-likeness (QED) is 0.0992. The molecule has 0 radical (unpaired) electrons. The van der Waals surface area contributed by atoms with E-state index in [2.05, 4.69) is 16.0 Å². The molecule has 8 nitrogen and oxygen atoms in total. The van der Waals surface area contributed by atoms with Gasteiger partial charge in [0.1, 0.15) is 5.70 Å². The molecule has 0 spiro atoms. The number of hydrogen-bond acceptors (Lipinski definition) is 6. The average molecular weight is 635 g/mol. The molecule has 0 atom stereocenters. The molecule has 0 unspecified atom stereocenters. The van der Waals surface area contributed by atoms with Crippen LogP contribution in [-0.4, -0.2) is 36.6 Å². The summed E-state index contributed by atoms with van der Waals surface area (Å²) in [6.07, 6.45) is 1.44. The molecule has 218 valence electrons. The molecule has 0 aliphatic carbocycles. The van der Waals surface area contributed by atoms with Crippen LogP contribution in [0, 0.1) is 0 Å². The maximum Gasteiger partial charge on any atom is 0.339 e. The molecule has 0 bridgehead atoms. The first kappa shape index (κ1) is 31.4. The fraction of sp³-hybridized carbons (Fsp3) is 0.0625. The van der Waals surface area contributed by atoms with Crippen molar-refractivity contribution in [2.24, 2.45) is 0 Å². The second-order valence-electron chi connectivity index (χ2n) is 8.88. The minimum Gasteiger partial charge on any atom is -0.465 e. The molecule has 4 aromatic rings. The van der Waals surface area contributed by atoms with Gasteiger partial charge in [-0.3, -0.25) is 14.4 Å². The van der Waals surface area contributed by atoms with E-state index < -0.39 is 17.8 Å². The Bertz CT molecular complexity index is 1700. The van der Waals surface area contributed by atoms with Crippen LogP contribution in [0.3, 0.4) is 0 Å². The third-order valence-corrected chi connectivity index (χ3v) is 7.71. The Balaban J connectivity index is 1.47. The summed E-state index contributed by atoms with van der Waals surface area (Å²) in [4.78, 5) is 51.6. The number of esters is 1. The molecular weight excluding hydrogens is 609 g/mol. The Morgan fingerprint density at radius 2 is 1.56 bits per heavy atom. The Kier molecular flexibility index (Phi) is 11.0. The van der Waals surface area contributed by atoms with Gasteiger partial charge in [0.05, 0.1) is 34.2 Å². The Labute approximate surface area is 262 Å². The summed E-state index contributed by atoms with van der Waals surface area (Å²) in [5, 5.41) is 8.70. The fourth-order valence-electron chi connectivity index (χ4n) is 3.81. The number of thioether (sulfide) groups is 1. The lowest BCUT2D eigenvalue weighted by atomic mass is 10.1. The third-order valence-electron chi connectivity index (χ3n) is 5.88. The minimum atomic E-state index is -0.598. The highest BCUT2D eigenvalue weighted by atomic mass is 35.5. The van der Waals surface area contributed by atoms with Gasteiger partial charge in [0.2, 0.25) is 5.91 Å². The Morgan fingerprint density at radius 1 is 0.837 bits per heavy atom. The van der Waals surface area contributed by atoms with Crippen molar-refractivity contribution in [1.29, 1.82) is 0 Å². The number of nitrogens with one attached hydrogen (secondary N) is 3.